The highest BCUT2D eigenvalue weighted by atomic mass is 16.2. The molecule has 0 spiro atoms. The first kappa shape index (κ1) is 15.4. The van der Waals surface area contributed by atoms with E-state index in [4.69, 9.17) is 0 Å². The third-order valence-electron chi connectivity index (χ3n) is 4.41. The van der Waals surface area contributed by atoms with Crippen LogP contribution in [0.5, 0.6) is 0 Å². The average Bonchev–Trinajstić information content (AvgIpc) is 3.02. The van der Waals surface area contributed by atoms with Gasteiger partial charge >= 0.3 is 0 Å². The highest BCUT2D eigenvalue weighted by molar-refractivity contribution is 5.94. The van der Waals surface area contributed by atoms with Crippen molar-refractivity contribution in [2.45, 2.75) is 32.7 Å². The van der Waals surface area contributed by atoms with Crippen LogP contribution in [0.2, 0.25) is 0 Å². The molecule has 0 bridgehead atoms. The van der Waals surface area contributed by atoms with E-state index >= 15 is 0 Å². The Morgan fingerprint density at radius 2 is 2.04 bits per heavy atom. The van der Waals surface area contributed by atoms with E-state index in [0.717, 1.165) is 29.9 Å². The Hall–Kier alpha value is -2.50. The van der Waals surface area contributed by atoms with Crippen molar-refractivity contribution in [3.63, 3.8) is 0 Å². The number of rotatable bonds is 2. The smallest absolute Gasteiger partial charge is 0.263 e. The Kier molecular flexibility index (Phi) is 3.98. The van der Waals surface area contributed by atoms with Crippen molar-refractivity contribution >= 4 is 5.91 Å². The Balaban J connectivity index is 1.96. The lowest BCUT2D eigenvalue weighted by Crippen LogP contribution is -2.36. The maximum Gasteiger partial charge on any atom is 0.263 e. The molecule has 1 saturated heterocycles. The van der Waals surface area contributed by atoms with Crippen LogP contribution in [0.3, 0.4) is 0 Å². The van der Waals surface area contributed by atoms with Crippen molar-refractivity contribution in [2.75, 3.05) is 6.54 Å². The van der Waals surface area contributed by atoms with Gasteiger partial charge in [-0.1, -0.05) is 0 Å². The molecule has 2 aromatic heterocycles. The fourth-order valence-electron chi connectivity index (χ4n) is 3.01. The molecule has 6 nitrogen and oxygen atoms in total. The summed E-state index contributed by atoms with van der Waals surface area (Å²) in [7, 11) is 1.68. The summed E-state index contributed by atoms with van der Waals surface area (Å²) < 4.78 is 1.50. The van der Waals surface area contributed by atoms with E-state index in [1.165, 1.54) is 4.57 Å². The van der Waals surface area contributed by atoms with Crippen LogP contribution in [-0.2, 0) is 7.05 Å². The molecule has 0 N–H and O–H groups in total. The number of pyridine rings is 1. The Labute approximate surface area is 134 Å². The van der Waals surface area contributed by atoms with E-state index in [0.29, 0.717) is 6.54 Å². The topological polar surface area (TPSA) is 68.1 Å². The number of hydrogen-bond donors (Lipinski definition) is 0. The molecule has 6 heteroatoms. The quantitative estimate of drug-likeness (QED) is 0.847. The largest absolute Gasteiger partial charge is 0.330 e. The van der Waals surface area contributed by atoms with Gasteiger partial charge in [0.15, 0.2) is 0 Å². The van der Waals surface area contributed by atoms with Crippen molar-refractivity contribution in [2.24, 2.45) is 7.05 Å². The van der Waals surface area contributed by atoms with Gasteiger partial charge in [0.05, 0.1) is 23.6 Å². The van der Waals surface area contributed by atoms with Gasteiger partial charge in [-0.2, -0.15) is 0 Å². The van der Waals surface area contributed by atoms with Crippen LogP contribution in [0.15, 0.2) is 29.3 Å². The van der Waals surface area contributed by atoms with Crippen molar-refractivity contribution < 1.29 is 4.79 Å². The first-order chi connectivity index (χ1) is 11.0. The number of amides is 1. The maximum atomic E-state index is 12.9. The Morgan fingerprint density at radius 3 is 2.78 bits per heavy atom. The number of carbonyl (C=O) groups is 1. The SMILES string of the molecule is Cc1cncc(C2CCCN2C(=O)c2ccc(C)n(C)c2=O)n1. The van der Waals surface area contributed by atoms with Gasteiger partial charge in [0, 0.05) is 25.5 Å². The summed E-state index contributed by atoms with van der Waals surface area (Å²) in [6, 6.07) is 3.31. The van der Waals surface area contributed by atoms with Gasteiger partial charge in [-0.15, -0.1) is 0 Å². The number of aromatic nitrogens is 3. The van der Waals surface area contributed by atoms with Crippen LogP contribution >= 0.6 is 0 Å². The van der Waals surface area contributed by atoms with Gasteiger partial charge in [0.1, 0.15) is 5.56 Å². The number of hydrogen-bond acceptors (Lipinski definition) is 4. The molecule has 120 valence electrons. The molecule has 0 radical (unpaired) electrons. The molecule has 3 heterocycles. The molecule has 3 rings (SSSR count). The molecule has 0 saturated carbocycles. The standard InChI is InChI=1S/C17H20N4O2/c1-11-9-18-10-14(19-11)15-5-4-8-21(15)17(23)13-7-6-12(2)20(3)16(13)22/h6-7,9-10,15H,4-5,8H2,1-3H3. The van der Waals surface area contributed by atoms with Gasteiger partial charge in [-0.3, -0.25) is 19.6 Å². The molecule has 23 heavy (non-hydrogen) atoms. The fraction of sp³-hybridized carbons (Fsp3) is 0.412. The van der Waals surface area contributed by atoms with Crippen molar-refractivity contribution in [1.82, 2.24) is 19.4 Å². The molecule has 1 amide bonds. The zero-order valence-electron chi connectivity index (χ0n) is 13.6. The fourth-order valence-corrected chi connectivity index (χ4v) is 3.01. The molecular formula is C17H20N4O2. The van der Waals surface area contributed by atoms with E-state index in [1.54, 1.807) is 36.5 Å². The number of nitrogens with zero attached hydrogens (tertiary/aromatic N) is 4. The minimum absolute atomic E-state index is 0.110. The van der Waals surface area contributed by atoms with Gasteiger partial charge in [0.2, 0.25) is 0 Å². The normalized spacial score (nSPS) is 17.5. The minimum Gasteiger partial charge on any atom is -0.330 e. The van der Waals surface area contributed by atoms with Crippen molar-refractivity contribution in [3.8, 4) is 0 Å². The van der Waals surface area contributed by atoms with E-state index in [1.807, 2.05) is 13.8 Å². The van der Waals surface area contributed by atoms with E-state index < -0.39 is 0 Å². The van der Waals surface area contributed by atoms with E-state index in [-0.39, 0.29) is 23.1 Å². The molecule has 1 unspecified atom stereocenters. The second-order valence-corrected chi connectivity index (χ2v) is 5.99. The molecule has 0 aromatic carbocycles. The summed E-state index contributed by atoms with van der Waals surface area (Å²) >= 11 is 0. The molecule has 1 aliphatic heterocycles. The van der Waals surface area contributed by atoms with Crippen LogP contribution in [0.1, 0.15) is 46.3 Å². The third-order valence-corrected chi connectivity index (χ3v) is 4.41. The Morgan fingerprint density at radius 1 is 1.26 bits per heavy atom. The lowest BCUT2D eigenvalue weighted by atomic mass is 10.1. The summed E-state index contributed by atoms with van der Waals surface area (Å²) in [5.74, 6) is -0.226. The summed E-state index contributed by atoms with van der Waals surface area (Å²) in [6.07, 6.45) is 5.14. The predicted molar refractivity (Wildman–Crippen MR) is 86.2 cm³/mol. The third kappa shape index (κ3) is 2.76. The monoisotopic (exact) mass is 312 g/mol. The van der Waals surface area contributed by atoms with Gasteiger partial charge in [-0.05, 0) is 38.8 Å². The summed E-state index contributed by atoms with van der Waals surface area (Å²) in [6.45, 7) is 4.36. The minimum atomic E-state index is -0.254. The van der Waals surface area contributed by atoms with Gasteiger partial charge < -0.3 is 9.47 Å². The summed E-state index contributed by atoms with van der Waals surface area (Å²) in [5.41, 5.74) is 2.41. The van der Waals surface area contributed by atoms with Crippen LogP contribution in [0.4, 0.5) is 0 Å². The molecule has 1 fully saturated rings. The molecule has 1 atom stereocenters. The number of likely N-dealkylation sites (tertiary alicyclic amines) is 1. The van der Waals surface area contributed by atoms with Gasteiger partial charge in [-0.25, -0.2) is 0 Å². The molecule has 1 aliphatic rings. The lowest BCUT2D eigenvalue weighted by Gasteiger charge is -2.24. The highest BCUT2D eigenvalue weighted by Crippen LogP contribution is 2.31. The predicted octanol–water partition coefficient (Wildman–Crippen LogP) is 1.77. The summed E-state index contributed by atoms with van der Waals surface area (Å²) in [4.78, 5) is 35.7. The lowest BCUT2D eigenvalue weighted by molar-refractivity contribution is 0.0730. The Bertz CT molecular complexity index is 812. The van der Waals surface area contributed by atoms with Crippen LogP contribution in [0, 0.1) is 13.8 Å². The molecule has 0 aliphatic carbocycles. The number of carbonyl (C=O) groups excluding carboxylic acids is 1. The second kappa shape index (κ2) is 5.95. The van der Waals surface area contributed by atoms with Crippen LogP contribution in [0.25, 0.3) is 0 Å². The number of aryl methyl sites for hydroxylation is 2. The molecule has 2 aromatic rings. The maximum absolute atomic E-state index is 12.9. The zero-order chi connectivity index (χ0) is 16.6. The van der Waals surface area contributed by atoms with Crippen molar-refractivity contribution in [1.29, 1.82) is 0 Å². The van der Waals surface area contributed by atoms with Crippen LogP contribution < -0.4 is 5.56 Å². The first-order valence-electron chi connectivity index (χ1n) is 7.75. The average molecular weight is 312 g/mol. The summed E-state index contributed by atoms with van der Waals surface area (Å²) in [5, 5.41) is 0. The van der Waals surface area contributed by atoms with Crippen LogP contribution in [-0.4, -0.2) is 31.9 Å². The van der Waals surface area contributed by atoms with E-state index in [9.17, 15) is 9.59 Å². The van der Waals surface area contributed by atoms with E-state index in [2.05, 4.69) is 9.97 Å². The van der Waals surface area contributed by atoms with Crippen molar-refractivity contribution in [3.05, 3.63) is 57.5 Å². The van der Waals surface area contributed by atoms with Gasteiger partial charge in [0.25, 0.3) is 11.5 Å². The second-order valence-electron chi connectivity index (χ2n) is 5.99. The zero-order valence-corrected chi connectivity index (χ0v) is 13.6. The molecular weight excluding hydrogens is 292 g/mol. The first-order valence-corrected chi connectivity index (χ1v) is 7.75. The highest BCUT2D eigenvalue weighted by Gasteiger charge is 2.33.